The Morgan fingerprint density at radius 3 is 2.88 bits per heavy atom. The molecule has 0 saturated heterocycles. The predicted molar refractivity (Wildman–Crippen MR) is 53.5 cm³/mol. The monoisotopic (exact) mass is 227 g/mol. The number of aromatic nitrogens is 2. The number of ether oxygens (including phenoxy) is 1. The summed E-state index contributed by atoms with van der Waals surface area (Å²) in [7, 11) is 1.78. The molecule has 0 unspecified atom stereocenters. The average molecular weight is 227 g/mol. The molecule has 88 valence electrons. The second-order valence-electron chi connectivity index (χ2n) is 3.19. The molecule has 0 aliphatic carbocycles. The Kier molecular flexibility index (Phi) is 4.46. The maximum atomic E-state index is 11.1. The van der Waals surface area contributed by atoms with Gasteiger partial charge in [0.25, 0.3) is 0 Å². The first-order valence-electron chi connectivity index (χ1n) is 4.61. The summed E-state index contributed by atoms with van der Waals surface area (Å²) in [5.74, 6) is -1.45. The van der Waals surface area contributed by atoms with Gasteiger partial charge in [-0.15, -0.1) is 0 Å². The minimum absolute atomic E-state index is 0.257. The fourth-order valence-corrected chi connectivity index (χ4v) is 1.05. The van der Waals surface area contributed by atoms with Crippen molar-refractivity contribution >= 4 is 11.9 Å². The molecule has 1 rings (SSSR count). The average Bonchev–Trinajstić information content (AvgIpc) is 2.61. The highest BCUT2D eigenvalue weighted by molar-refractivity contribution is 5.77. The van der Waals surface area contributed by atoms with Gasteiger partial charge in [0.15, 0.2) is 0 Å². The van der Waals surface area contributed by atoms with Crippen molar-refractivity contribution in [3.8, 4) is 0 Å². The highest BCUT2D eigenvalue weighted by Crippen LogP contribution is 1.94. The third kappa shape index (κ3) is 4.56. The van der Waals surface area contributed by atoms with Gasteiger partial charge in [-0.05, 0) is 0 Å². The van der Waals surface area contributed by atoms with Crippen LogP contribution in [0.2, 0.25) is 0 Å². The lowest BCUT2D eigenvalue weighted by Crippen LogP contribution is -2.28. The van der Waals surface area contributed by atoms with E-state index in [0.717, 1.165) is 5.56 Å². The molecule has 0 atom stereocenters. The van der Waals surface area contributed by atoms with Gasteiger partial charge in [-0.1, -0.05) is 0 Å². The van der Waals surface area contributed by atoms with Crippen LogP contribution in [-0.4, -0.2) is 40.0 Å². The summed E-state index contributed by atoms with van der Waals surface area (Å²) in [6, 6.07) is 0. The Balaban J connectivity index is 2.17. The van der Waals surface area contributed by atoms with Crippen LogP contribution in [-0.2, 0) is 27.9 Å². The summed E-state index contributed by atoms with van der Waals surface area (Å²) < 4.78 is 6.25. The number of hydrogen-bond acceptors (Lipinski definition) is 4. The van der Waals surface area contributed by atoms with Crippen molar-refractivity contribution < 1.29 is 19.4 Å². The van der Waals surface area contributed by atoms with Crippen LogP contribution in [0.4, 0.5) is 0 Å². The lowest BCUT2D eigenvalue weighted by Gasteiger charge is -2.03. The molecule has 1 amide bonds. The normalized spacial score (nSPS) is 10.1. The van der Waals surface area contributed by atoms with Gasteiger partial charge in [0.2, 0.25) is 5.91 Å². The van der Waals surface area contributed by atoms with Crippen LogP contribution in [0.3, 0.4) is 0 Å². The first-order chi connectivity index (χ1) is 7.58. The van der Waals surface area contributed by atoms with Crippen LogP contribution in [0.1, 0.15) is 5.56 Å². The van der Waals surface area contributed by atoms with E-state index in [1.165, 1.54) is 0 Å². The van der Waals surface area contributed by atoms with Gasteiger partial charge in [-0.2, -0.15) is 5.10 Å². The van der Waals surface area contributed by atoms with E-state index in [9.17, 15) is 9.59 Å². The zero-order valence-corrected chi connectivity index (χ0v) is 8.84. The van der Waals surface area contributed by atoms with Crippen LogP contribution < -0.4 is 5.32 Å². The highest BCUT2D eigenvalue weighted by atomic mass is 16.5. The van der Waals surface area contributed by atoms with E-state index >= 15 is 0 Å². The quantitative estimate of drug-likeness (QED) is 0.659. The number of carbonyl (C=O) groups is 2. The molecule has 2 N–H and O–H groups in total. The van der Waals surface area contributed by atoms with Gasteiger partial charge in [0.1, 0.15) is 13.2 Å². The minimum Gasteiger partial charge on any atom is -0.480 e. The zero-order chi connectivity index (χ0) is 12.0. The molecular weight excluding hydrogens is 214 g/mol. The van der Waals surface area contributed by atoms with Crippen molar-refractivity contribution in [2.75, 3.05) is 13.2 Å². The van der Waals surface area contributed by atoms with Crippen LogP contribution in [0.25, 0.3) is 0 Å². The van der Waals surface area contributed by atoms with Crippen molar-refractivity contribution in [2.24, 2.45) is 7.05 Å². The van der Waals surface area contributed by atoms with Crippen LogP contribution in [0.15, 0.2) is 12.4 Å². The topological polar surface area (TPSA) is 93.5 Å². The van der Waals surface area contributed by atoms with E-state index in [1.807, 2.05) is 0 Å². The summed E-state index contributed by atoms with van der Waals surface area (Å²) in [5.41, 5.74) is 0.870. The summed E-state index contributed by atoms with van der Waals surface area (Å²) in [4.78, 5) is 21.2. The molecule has 0 spiro atoms. The zero-order valence-electron chi connectivity index (χ0n) is 8.84. The maximum absolute atomic E-state index is 11.1. The number of nitrogens with zero attached hydrogens (tertiary/aromatic N) is 2. The summed E-state index contributed by atoms with van der Waals surface area (Å²) >= 11 is 0. The van der Waals surface area contributed by atoms with Crippen molar-refractivity contribution in [1.82, 2.24) is 15.1 Å². The van der Waals surface area contributed by atoms with Gasteiger partial charge in [-0.25, -0.2) is 4.79 Å². The van der Waals surface area contributed by atoms with Gasteiger partial charge >= 0.3 is 5.97 Å². The highest BCUT2D eigenvalue weighted by Gasteiger charge is 2.04. The molecule has 16 heavy (non-hydrogen) atoms. The third-order valence-electron chi connectivity index (χ3n) is 1.71. The second-order valence-corrected chi connectivity index (χ2v) is 3.19. The standard InChI is InChI=1S/C9H13N3O4/c1-12-4-7(3-11-12)2-10-8(13)5-16-6-9(14)15/h3-4H,2,5-6H2,1H3,(H,10,13)(H,14,15). The third-order valence-corrected chi connectivity index (χ3v) is 1.71. The number of aliphatic carboxylic acids is 1. The predicted octanol–water partition coefficient (Wildman–Crippen LogP) is -0.862. The Bertz CT molecular complexity index is 375. The Labute approximate surface area is 92.0 Å². The molecule has 7 heteroatoms. The van der Waals surface area contributed by atoms with Crippen molar-refractivity contribution in [1.29, 1.82) is 0 Å². The van der Waals surface area contributed by atoms with Crippen LogP contribution in [0.5, 0.6) is 0 Å². The molecule has 0 aliphatic heterocycles. The van der Waals surface area contributed by atoms with E-state index in [4.69, 9.17) is 5.11 Å². The lowest BCUT2D eigenvalue weighted by molar-refractivity contribution is -0.143. The molecule has 0 fully saturated rings. The Morgan fingerprint density at radius 2 is 2.31 bits per heavy atom. The molecule has 0 bridgehead atoms. The SMILES string of the molecule is Cn1cc(CNC(=O)COCC(=O)O)cn1. The van der Waals surface area contributed by atoms with Crippen molar-refractivity contribution in [3.05, 3.63) is 18.0 Å². The van der Waals surface area contributed by atoms with E-state index in [1.54, 1.807) is 24.1 Å². The lowest BCUT2D eigenvalue weighted by atomic mass is 10.3. The van der Waals surface area contributed by atoms with Crippen LogP contribution >= 0.6 is 0 Å². The molecule has 1 aromatic rings. The van der Waals surface area contributed by atoms with E-state index in [2.05, 4.69) is 15.2 Å². The molecular formula is C9H13N3O4. The number of carboxylic acid groups (broad SMARTS) is 1. The number of nitrogens with one attached hydrogen (secondary N) is 1. The molecule has 0 radical (unpaired) electrons. The Morgan fingerprint density at radius 1 is 1.56 bits per heavy atom. The number of hydrogen-bond donors (Lipinski definition) is 2. The molecule has 7 nitrogen and oxygen atoms in total. The van der Waals surface area contributed by atoms with Crippen molar-refractivity contribution in [2.45, 2.75) is 6.54 Å². The fraction of sp³-hybridized carbons (Fsp3) is 0.444. The van der Waals surface area contributed by atoms with Gasteiger partial charge in [-0.3, -0.25) is 9.48 Å². The Hall–Kier alpha value is -1.89. The number of rotatable bonds is 6. The molecule has 1 heterocycles. The van der Waals surface area contributed by atoms with Gasteiger partial charge in [0, 0.05) is 25.4 Å². The van der Waals surface area contributed by atoms with E-state index < -0.39 is 12.6 Å². The number of carboxylic acids is 1. The largest absolute Gasteiger partial charge is 0.480 e. The van der Waals surface area contributed by atoms with Crippen LogP contribution in [0, 0.1) is 0 Å². The van der Waals surface area contributed by atoms with E-state index in [0.29, 0.717) is 6.54 Å². The second kappa shape index (κ2) is 5.86. The molecule has 0 aromatic carbocycles. The fourth-order valence-electron chi connectivity index (χ4n) is 1.05. The number of amides is 1. The van der Waals surface area contributed by atoms with E-state index in [-0.39, 0.29) is 12.5 Å². The summed E-state index contributed by atoms with van der Waals surface area (Å²) in [5, 5.41) is 14.8. The van der Waals surface area contributed by atoms with Gasteiger partial charge < -0.3 is 15.2 Å². The summed E-state index contributed by atoms with van der Waals surface area (Å²) in [6.45, 7) is -0.379. The summed E-state index contributed by atoms with van der Waals surface area (Å²) in [6.07, 6.45) is 3.41. The number of aryl methyl sites for hydroxylation is 1. The minimum atomic E-state index is -1.10. The maximum Gasteiger partial charge on any atom is 0.329 e. The molecule has 0 saturated carbocycles. The van der Waals surface area contributed by atoms with Gasteiger partial charge in [0.05, 0.1) is 6.20 Å². The number of carbonyl (C=O) groups excluding carboxylic acids is 1. The van der Waals surface area contributed by atoms with Crippen molar-refractivity contribution in [3.63, 3.8) is 0 Å². The smallest absolute Gasteiger partial charge is 0.329 e. The first kappa shape index (κ1) is 12.2. The molecule has 0 aliphatic rings. The molecule has 1 aromatic heterocycles. The first-order valence-corrected chi connectivity index (χ1v) is 4.61.